The quantitative estimate of drug-likeness (QED) is 0.336. The highest BCUT2D eigenvalue weighted by Crippen LogP contribution is 2.35. The number of aliphatic hydroxyl groups is 1. The molecule has 2 aromatic carbocycles. The number of amides is 1. The zero-order valence-electron chi connectivity index (χ0n) is 21.3. The van der Waals surface area contributed by atoms with Crippen LogP contribution >= 0.6 is 22.9 Å². The van der Waals surface area contributed by atoms with Crippen LogP contribution in [0.5, 0.6) is 11.5 Å². The Kier molecular flexibility index (Phi) is 7.45. The number of fused-ring (bicyclic) bond motifs is 2. The molecule has 8 nitrogen and oxygen atoms in total. The Bertz CT molecular complexity index is 1560. The number of likely N-dealkylation sites (N-methyl/N-ethyl adjacent to an activating group) is 1. The van der Waals surface area contributed by atoms with Crippen molar-refractivity contribution in [3.05, 3.63) is 91.0 Å². The number of aryl methyl sites for hydroxylation is 2. The molecule has 0 saturated heterocycles. The summed E-state index contributed by atoms with van der Waals surface area (Å²) < 4.78 is 13.1. The zero-order valence-corrected chi connectivity index (χ0v) is 22.9. The number of pyridine rings is 1. The van der Waals surface area contributed by atoms with Crippen molar-refractivity contribution in [2.24, 2.45) is 7.05 Å². The number of carbonyl (C=O) groups is 1. The number of aromatic nitrogens is 1. The highest BCUT2D eigenvalue weighted by atomic mass is 35.5. The minimum absolute atomic E-state index is 0.105. The summed E-state index contributed by atoms with van der Waals surface area (Å²) in [6.45, 7) is 3.40. The predicted molar refractivity (Wildman–Crippen MR) is 148 cm³/mol. The Morgan fingerprint density at radius 2 is 1.95 bits per heavy atom. The van der Waals surface area contributed by atoms with Crippen LogP contribution in [0.1, 0.15) is 38.0 Å². The van der Waals surface area contributed by atoms with Crippen LogP contribution < -0.4 is 20.2 Å². The van der Waals surface area contributed by atoms with Gasteiger partial charge in [-0.1, -0.05) is 29.8 Å². The second kappa shape index (κ2) is 10.8. The second-order valence-electron chi connectivity index (χ2n) is 9.45. The number of carbonyl (C=O) groups excluding carboxylic acids is 1. The van der Waals surface area contributed by atoms with Gasteiger partial charge in [0.1, 0.15) is 5.56 Å². The van der Waals surface area contributed by atoms with E-state index in [2.05, 4.69) is 5.32 Å². The molecule has 1 aliphatic rings. The molecule has 0 radical (unpaired) electrons. The van der Waals surface area contributed by atoms with E-state index in [9.17, 15) is 14.7 Å². The molecule has 0 fully saturated rings. The smallest absolute Gasteiger partial charge is 0.257 e. The van der Waals surface area contributed by atoms with Gasteiger partial charge in [0.15, 0.2) is 11.5 Å². The highest BCUT2D eigenvalue weighted by Gasteiger charge is 2.22. The van der Waals surface area contributed by atoms with Gasteiger partial charge in [0.2, 0.25) is 12.2 Å². The van der Waals surface area contributed by atoms with E-state index in [0.29, 0.717) is 40.9 Å². The lowest BCUT2D eigenvalue weighted by atomic mass is 10.1. The monoisotopic (exact) mass is 553 g/mol. The molecule has 1 atom stereocenters. The van der Waals surface area contributed by atoms with Crippen molar-refractivity contribution in [2.45, 2.75) is 26.1 Å². The molecule has 1 amide bonds. The summed E-state index contributed by atoms with van der Waals surface area (Å²) in [6, 6.07) is 12.6. The number of benzene rings is 2. The van der Waals surface area contributed by atoms with Crippen molar-refractivity contribution in [3.8, 4) is 11.5 Å². The number of hydrogen-bond donors (Lipinski definition) is 2. The number of rotatable bonds is 8. The number of hydrogen-bond acceptors (Lipinski definition) is 7. The van der Waals surface area contributed by atoms with Gasteiger partial charge >= 0.3 is 0 Å². The first-order chi connectivity index (χ1) is 18.2. The first kappa shape index (κ1) is 26.2. The van der Waals surface area contributed by atoms with Gasteiger partial charge in [0.25, 0.3) is 5.91 Å². The van der Waals surface area contributed by atoms with Gasteiger partial charge in [-0.25, -0.2) is 0 Å². The fourth-order valence-corrected chi connectivity index (χ4v) is 6.09. The molecule has 0 spiro atoms. The Hall–Kier alpha value is -3.37. The minimum Gasteiger partial charge on any atom is -0.454 e. The molecule has 38 heavy (non-hydrogen) atoms. The van der Waals surface area contributed by atoms with Crippen molar-refractivity contribution in [2.75, 3.05) is 20.4 Å². The predicted octanol–water partition coefficient (Wildman–Crippen LogP) is 4.39. The summed E-state index contributed by atoms with van der Waals surface area (Å²) in [7, 11) is 3.77. The fraction of sp³-hybridized carbons (Fsp3) is 0.286. The van der Waals surface area contributed by atoms with Crippen LogP contribution in [-0.4, -0.2) is 40.9 Å². The van der Waals surface area contributed by atoms with Crippen molar-refractivity contribution in [1.29, 1.82) is 0 Å². The van der Waals surface area contributed by atoms with Gasteiger partial charge in [-0.15, -0.1) is 11.3 Å². The third kappa shape index (κ3) is 5.28. The van der Waals surface area contributed by atoms with E-state index in [1.54, 1.807) is 30.5 Å². The minimum atomic E-state index is -0.716. The van der Waals surface area contributed by atoms with Crippen molar-refractivity contribution in [1.82, 2.24) is 14.8 Å². The number of aliphatic hydroxyl groups excluding tert-OH is 1. The maximum atomic E-state index is 13.3. The van der Waals surface area contributed by atoms with Gasteiger partial charge in [-0.3, -0.25) is 14.5 Å². The van der Waals surface area contributed by atoms with Crippen LogP contribution in [0.2, 0.25) is 5.02 Å². The second-order valence-corrected chi connectivity index (χ2v) is 11.0. The molecule has 5 rings (SSSR count). The number of nitrogens with zero attached hydrogens (tertiary/aromatic N) is 2. The average Bonchev–Trinajstić information content (AvgIpc) is 3.50. The van der Waals surface area contributed by atoms with Crippen molar-refractivity contribution < 1.29 is 19.4 Å². The molecule has 198 valence electrons. The Balaban J connectivity index is 1.31. The standard InChI is InChI=1S/C28H28ClN3O5S/c1-16-24(14-31(2)13-21(33)18-6-9-22-23(10-18)37-15-36-22)38-27-25(16)32(3)12-20(26(27)34)28(35)30-11-17-4-7-19(29)8-5-17/h4-10,12,21,33H,11,13-15H2,1-3H3,(H,30,35). The SMILES string of the molecule is Cc1c(CN(C)CC(O)c2ccc3c(c2)OCO3)sc2c(=O)c(C(=O)NCc3ccc(Cl)cc3)cn(C)c12. The Labute approximate surface area is 229 Å². The lowest BCUT2D eigenvalue weighted by Gasteiger charge is -2.20. The van der Waals surface area contributed by atoms with Gasteiger partial charge < -0.3 is 24.5 Å². The molecule has 10 heteroatoms. The van der Waals surface area contributed by atoms with Crippen LogP contribution in [0.25, 0.3) is 10.2 Å². The number of nitrogens with one attached hydrogen (secondary N) is 1. The van der Waals surface area contributed by atoms with Crippen LogP contribution in [0.15, 0.2) is 53.5 Å². The van der Waals surface area contributed by atoms with E-state index in [-0.39, 0.29) is 17.8 Å². The summed E-state index contributed by atoms with van der Waals surface area (Å²) in [6.07, 6.45) is 0.879. The summed E-state index contributed by atoms with van der Waals surface area (Å²) >= 11 is 7.32. The van der Waals surface area contributed by atoms with E-state index < -0.39 is 12.0 Å². The zero-order chi connectivity index (χ0) is 27.0. The highest BCUT2D eigenvalue weighted by molar-refractivity contribution is 7.19. The molecular weight excluding hydrogens is 526 g/mol. The number of thiophene rings is 1. The average molecular weight is 554 g/mol. The molecule has 0 aliphatic carbocycles. The molecule has 3 heterocycles. The molecule has 1 aliphatic heterocycles. The summed E-state index contributed by atoms with van der Waals surface area (Å²) in [5.41, 5.74) is 3.26. The van der Waals surface area contributed by atoms with Crippen molar-refractivity contribution in [3.63, 3.8) is 0 Å². The largest absolute Gasteiger partial charge is 0.454 e. The van der Waals surface area contributed by atoms with E-state index in [1.165, 1.54) is 11.3 Å². The Morgan fingerprint density at radius 1 is 1.21 bits per heavy atom. The van der Waals surface area contributed by atoms with Crippen LogP contribution in [-0.2, 0) is 20.1 Å². The number of halogens is 1. The van der Waals surface area contributed by atoms with Gasteiger partial charge in [0, 0.05) is 42.8 Å². The van der Waals surface area contributed by atoms with Crippen LogP contribution in [0.3, 0.4) is 0 Å². The van der Waals surface area contributed by atoms with E-state index in [1.807, 2.05) is 48.7 Å². The van der Waals surface area contributed by atoms with Crippen molar-refractivity contribution >= 4 is 39.1 Å². The van der Waals surface area contributed by atoms with Gasteiger partial charge in [0.05, 0.1) is 16.3 Å². The van der Waals surface area contributed by atoms with Gasteiger partial charge in [-0.05, 0) is 54.9 Å². The molecule has 0 bridgehead atoms. The van der Waals surface area contributed by atoms with E-state index in [4.69, 9.17) is 21.1 Å². The molecule has 1 unspecified atom stereocenters. The fourth-order valence-electron chi connectivity index (χ4n) is 4.59. The maximum Gasteiger partial charge on any atom is 0.257 e. The van der Waals surface area contributed by atoms with Crippen LogP contribution in [0.4, 0.5) is 0 Å². The molecule has 2 N–H and O–H groups in total. The lowest BCUT2D eigenvalue weighted by Crippen LogP contribution is -2.29. The normalized spacial score (nSPS) is 13.3. The first-order valence-electron chi connectivity index (χ1n) is 12.1. The van der Waals surface area contributed by atoms with E-state index in [0.717, 1.165) is 27.1 Å². The molecule has 2 aromatic heterocycles. The Morgan fingerprint density at radius 3 is 2.71 bits per heavy atom. The van der Waals surface area contributed by atoms with Gasteiger partial charge in [-0.2, -0.15) is 0 Å². The summed E-state index contributed by atoms with van der Waals surface area (Å²) in [5.74, 6) is 0.890. The lowest BCUT2D eigenvalue weighted by molar-refractivity contribution is 0.0949. The summed E-state index contributed by atoms with van der Waals surface area (Å²) in [4.78, 5) is 29.2. The molecule has 0 saturated carbocycles. The molecule has 4 aromatic rings. The van der Waals surface area contributed by atoms with E-state index >= 15 is 0 Å². The molecular formula is C28H28ClN3O5S. The maximum absolute atomic E-state index is 13.3. The van der Waals surface area contributed by atoms with Crippen LogP contribution in [0, 0.1) is 6.92 Å². The topological polar surface area (TPSA) is 93.0 Å². The third-order valence-corrected chi connectivity index (χ3v) is 8.15. The first-order valence-corrected chi connectivity index (χ1v) is 13.3. The summed E-state index contributed by atoms with van der Waals surface area (Å²) in [5, 5.41) is 14.3. The number of ether oxygens (including phenoxy) is 2. The third-order valence-electron chi connectivity index (χ3n) is 6.63.